The Morgan fingerprint density at radius 2 is 1.03 bits per heavy atom. The summed E-state index contributed by atoms with van der Waals surface area (Å²) in [5.74, 6) is 0.873. The second kappa shape index (κ2) is 7.86. The van der Waals surface area contributed by atoms with E-state index in [1.165, 1.54) is 50.2 Å². The van der Waals surface area contributed by atoms with Gasteiger partial charge in [-0.05, 0) is 87.8 Å². The summed E-state index contributed by atoms with van der Waals surface area (Å²) in [7, 11) is 1.71. The van der Waals surface area contributed by atoms with Crippen molar-refractivity contribution in [3.63, 3.8) is 0 Å². The first kappa shape index (κ1) is 21.0. The number of nitrogens with zero attached hydrogens (tertiary/aromatic N) is 1. The van der Waals surface area contributed by atoms with Crippen molar-refractivity contribution in [1.29, 1.82) is 0 Å². The van der Waals surface area contributed by atoms with Crippen LogP contribution in [0.2, 0.25) is 0 Å². The number of hydrogen-bond donors (Lipinski definition) is 0. The second-order valence-electron chi connectivity index (χ2n) is 9.56. The van der Waals surface area contributed by atoms with Gasteiger partial charge in [0.05, 0.1) is 12.5 Å². The summed E-state index contributed by atoms with van der Waals surface area (Å²) < 4.78 is 5.40. The van der Waals surface area contributed by atoms with E-state index in [0.717, 1.165) is 18.0 Å². The highest BCUT2D eigenvalue weighted by atomic mass is 16.5. The molecule has 1 spiro atoms. The Morgan fingerprint density at radius 1 is 0.556 bits per heavy atom. The van der Waals surface area contributed by atoms with Crippen LogP contribution >= 0.6 is 0 Å². The zero-order valence-corrected chi connectivity index (χ0v) is 20.5. The molecule has 0 unspecified atom stereocenters. The van der Waals surface area contributed by atoms with Crippen molar-refractivity contribution in [3.05, 3.63) is 138 Å². The third kappa shape index (κ3) is 2.67. The van der Waals surface area contributed by atoms with Crippen molar-refractivity contribution in [2.75, 3.05) is 18.6 Å². The first-order chi connectivity index (χ1) is 17.8. The summed E-state index contributed by atoms with van der Waals surface area (Å²) in [6.07, 6.45) is 0. The highest BCUT2D eigenvalue weighted by Crippen LogP contribution is 2.63. The Kier molecular flexibility index (Phi) is 4.59. The minimum absolute atomic E-state index is 0.311. The average Bonchev–Trinajstić information content (AvgIpc) is 3.41. The molecule has 2 nitrogen and oxygen atoms in total. The van der Waals surface area contributed by atoms with Crippen LogP contribution in [0.3, 0.4) is 0 Å². The molecule has 0 fully saturated rings. The molecule has 0 heterocycles. The van der Waals surface area contributed by atoms with E-state index in [1.807, 2.05) is 12.1 Å². The normalized spacial score (nSPS) is 13.6. The van der Waals surface area contributed by atoms with Gasteiger partial charge in [0.15, 0.2) is 0 Å². The van der Waals surface area contributed by atoms with Gasteiger partial charge >= 0.3 is 0 Å². The van der Waals surface area contributed by atoms with Crippen LogP contribution in [-0.4, -0.2) is 13.7 Å². The molecular weight excluding hydrogens is 438 g/mol. The molecule has 2 aliphatic rings. The third-order valence-electron chi connectivity index (χ3n) is 7.99. The Morgan fingerprint density at radius 3 is 1.53 bits per heavy atom. The van der Waals surface area contributed by atoms with E-state index in [-0.39, 0.29) is 5.41 Å². The van der Waals surface area contributed by atoms with Gasteiger partial charge in [-0.1, -0.05) is 78.9 Å². The number of hydrogen-bond acceptors (Lipinski definition) is 2. The molecule has 0 N–H and O–H groups in total. The molecule has 0 amide bonds. The van der Waals surface area contributed by atoms with Crippen molar-refractivity contribution < 1.29 is 4.74 Å². The summed E-state index contributed by atoms with van der Waals surface area (Å²) in [4.78, 5) is 2.38. The number of methoxy groups -OCH3 is 1. The number of ether oxygens (including phenoxy) is 1. The van der Waals surface area contributed by atoms with Gasteiger partial charge in [0.1, 0.15) is 5.75 Å². The Hall–Kier alpha value is -4.30. The summed E-state index contributed by atoms with van der Waals surface area (Å²) in [5.41, 5.74) is 12.9. The average molecular weight is 466 g/mol. The molecule has 5 aromatic carbocycles. The summed E-state index contributed by atoms with van der Waals surface area (Å²) >= 11 is 0. The molecule has 0 aromatic heterocycles. The topological polar surface area (TPSA) is 12.5 Å². The Labute approximate surface area is 212 Å². The van der Waals surface area contributed by atoms with Gasteiger partial charge in [-0.25, -0.2) is 0 Å². The maximum Gasteiger partial charge on any atom is 0.119 e. The first-order valence-electron chi connectivity index (χ1n) is 12.6. The van der Waals surface area contributed by atoms with Gasteiger partial charge < -0.3 is 9.64 Å². The van der Waals surface area contributed by atoms with Crippen molar-refractivity contribution in [1.82, 2.24) is 0 Å². The third-order valence-corrected chi connectivity index (χ3v) is 7.99. The standard InChI is InChI=1S/C34H27NO/c1-3-35(23-16-19-25(36-2)20-17-23)24-18-21-29-28-12-6-9-15-32(28)34(33(29)22-24)30-13-7-4-10-26(30)27-11-5-8-14-31(27)34/h4-22H,3H2,1-2H3. The molecule has 0 saturated heterocycles. The number of fused-ring (bicyclic) bond motifs is 10. The fourth-order valence-electron chi connectivity index (χ4n) is 6.53. The molecule has 5 aromatic rings. The lowest BCUT2D eigenvalue weighted by molar-refractivity contribution is 0.415. The predicted molar refractivity (Wildman–Crippen MR) is 148 cm³/mol. The van der Waals surface area contributed by atoms with Crippen molar-refractivity contribution >= 4 is 11.4 Å². The molecule has 2 aliphatic carbocycles. The number of rotatable bonds is 4. The zero-order chi connectivity index (χ0) is 24.3. The first-order valence-corrected chi connectivity index (χ1v) is 12.6. The van der Waals surface area contributed by atoms with Crippen LogP contribution in [0.25, 0.3) is 22.3 Å². The van der Waals surface area contributed by atoms with Gasteiger partial charge in [0.25, 0.3) is 0 Å². The summed E-state index contributed by atoms with van der Waals surface area (Å²) in [6, 6.07) is 42.3. The monoisotopic (exact) mass is 465 g/mol. The molecule has 0 aliphatic heterocycles. The van der Waals surface area contributed by atoms with E-state index >= 15 is 0 Å². The molecule has 174 valence electrons. The zero-order valence-electron chi connectivity index (χ0n) is 20.5. The molecule has 0 atom stereocenters. The predicted octanol–water partition coefficient (Wildman–Crippen LogP) is 8.20. The molecule has 36 heavy (non-hydrogen) atoms. The highest BCUT2D eigenvalue weighted by molar-refractivity contribution is 5.95. The summed E-state index contributed by atoms with van der Waals surface area (Å²) in [5, 5.41) is 0. The molecule has 0 radical (unpaired) electrons. The van der Waals surface area contributed by atoms with Crippen LogP contribution in [0.4, 0.5) is 11.4 Å². The van der Waals surface area contributed by atoms with Crippen molar-refractivity contribution in [2.45, 2.75) is 12.3 Å². The number of benzene rings is 5. The van der Waals surface area contributed by atoms with E-state index in [1.54, 1.807) is 7.11 Å². The number of anilines is 2. The van der Waals surface area contributed by atoms with Crippen LogP contribution in [-0.2, 0) is 5.41 Å². The molecule has 2 heteroatoms. The lowest BCUT2D eigenvalue weighted by Crippen LogP contribution is -2.26. The quantitative estimate of drug-likeness (QED) is 0.260. The van der Waals surface area contributed by atoms with Gasteiger partial charge in [-0.2, -0.15) is 0 Å². The smallest absolute Gasteiger partial charge is 0.119 e. The summed E-state index contributed by atoms with van der Waals surface area (Å²) in [6.45, 7) is 3.08. The minimum Gasteiger partial charge on any atom is -0.497 e. The molecule has 7 rings (SSSR count). The van der Waals surface area contributed by atoms with Gasteiger partial charge in [-0.15, -0.1) is 0 Å². The molecular formula is C34H27NO. The van der Waals surface area contributed by atoms with E-state index < -0.39 is 0 Å². The van der Waals surface area contributed by atoms with Crippen LogP contribution < -0.4 is 9.64 Å². The van der Waals surface area contributed by atoms with E-state index in [9.17, 15) is 0 Å². The molecule has 0 bridgehead atoms. The largest absolute Gasteiger partial charge is 0.497 e. The van der Waals surface area contributed by atoms with E-state index in [4.69, 9.17) is 4.74 Å². The highest BCUT2D eigenvalue weighted by Gasteiger charge is 2.51. The van der Waals surface area contributed by atoms with E-state index in [0.29, 0.717) is 0 Å². The lowest BCUT2D eigenvalue weighted by atomic mass is 9.70. The van der Waals surface area contributed by atoms with Crippen LogP contribution in [0, 0.1) is 0 Å². The van der Waals surface area contributed by atoms with E-state index in [2.05, 4.69) is 115 Å². The lowest BCUT2D eigenvalue weighted by Gasteiger charge is -2.32. The van der Waals surface area contributed by atoms with Crippen LogP contribution in [0.15, 0.2) is 115 Å². The Balaban J connectivity index is 1.51. The van der Waals surface area contributed by atoms with Gasteiger partial charge in [-0.3, -0.25) is 0 Å². The fraction of sp³-hybridized carbons (Fsp3) is 0.118. The van der Waals surface area contributed by atoms with Crippen LogP contribution in [0.5, 0.6) is 5.75 Å². The maximum absolute atomic E-state index is 5.40. The molecule has 0 saturated carbocycles. The van der Waals surface area contributed by atoms with Crippen molar-refractivity contribution in [2.24, 2.45) is 0 Å². The second-order valence-corrected chi connectivity index (χ2v) is 9.56. The fourth-order valence-corrected chi connectivity index (χ4v) is 6.53. The van der Waals surface area contributed by atoms with Gasteiger partial charge in [0, 0.05) is 17.9 Å². The Bertz CT molecular complexity index is 1550. The SMILES string of the molecule is CCN(c1ccc(OC)cc1)c1ccc2c(c1)C1(c3ccccc3-c3ccccc31)c1ccccc1-2. The minimum atomic E-state index is -0.311. The maximum atomic E-state index is 5.40. The van der Waals surface area contributed by atoms with Crippen LogP contribution in [0.1, 0.15) is 29.2 Å². The van der Waals surface area contributed by atoms with Crippen molar-refractivity contribution in [3.8, 4) is 28.0 Å². The van der Waals surface area contributed by atoms with Gasteiger partial charge in [0.2, 0.25) is 0 Å².